The number of carbonyl (C=O) groups excluding carboxylic acids is 3. The van der Waals surface area contributed by atoms with Gasteiger partial charge in [0.05, 0.1) is 16.6 Å². The van der Waals surface area contributed by atoms with E-state index in [4.69, 9.17) is 0 Å². The van der Waals surface area contributed by atoms with Crippen molar-refractivity contribution in [2.45, 2.75) is 22.7 Å². The van der Waals surface area contributed by atoms with E-state index in [0.29, 0.717) is 21.3 Å². The Hall–Kier alpha value is -4.06. The van der Waals surface area contributed by atoms with E-state index in [0.717, 1.165) is 32.1 Å². The first-order valence-electron chi connectivity index (χ1n) is 13.1. The molecule has 3 amide bonds. The van der Waals surface area contributed by atoms with Gasteiger partial charge in [-0.2, -0.15) is 0 Å². The molecule has 5 aromatic rings. The zero-order valence-electron chi connectivity index (χ0n) is 21.8. The Kier molecular flexibility index (Phi) is 6.80. The first-order chi connectivity index (χ1) is 20.4. The van der Waals surface area contributed by atoms with Crippen molar-refractivity contribution in [3.8, 4) is 0 Å². The van der Waals surface area contributed by atoms with Gasteiger partial charge in [-0.15, -0.1) is 0 Å². The predicted octanol–water partition coefficient (Wildman–Crippen LogP) is 5.66. The normalized spacial score (nSPS) is 19.5. The van der Waals surface area contributed by atoms with Gasteiger partial charge in [-0.05, 0) is 47.3 Å². The molecule has 42 heavy (non-hydrogen) atoms. The molecule has 0 radical (unpaired) electrons. The molecule has 1 saturated heterocycles. The summed E-state index contributed by atoms with van der Waals surface area (Å²) in [4.78, 5) is 60.3. The number of thioether (sulfide) groups is 1. The van der Waals surface area contributed by atoms with E-state index in [1.165, 1.54) is 21.2 Å². The second kappa shape index (κ2) is 10.6. The van der Waals surface area contributed by atoms with E-state index in [9.17, 15) is 19.2 Å². The number of anilines is 2. The summed E-state index contributed by atoms with van der Waals surface area (Å²) in [6, 6.07) is 24.0. The number of hydrogen-bond donors (Lipinski definition) is 1. The summed E-state index contributed by atoms with van der Waals surface area (Å²) in [5.74, 6) is -2.31. The Balaban J connectivity index is 1.27. The molecular weight excluding hydrogens is 636 g/mol. The van der Waals surface area contributed by atoms with Crippen molar-refractivity contribution >= 4 is 78.9 Å². The maximum absolute atomic E-state index is 13.9. The number of hydrogen-bond acceptors (Lipinski definition) is 7. The number of amides is 3. The SMILES string of the molecule is O=C(Cn1c2c(sc1=O)[C@@H](c1cccnc1)[C@@H]1C(=O)N(c3ccc(Br)cc3)C(=O)[C@@H]1S2)Nc1cccc2ccccc12. The van der Waals surface area contributed by atoms with Crippen LogP contribution < -0.4 is 15.1 Å². The Morgan fingerprint density at radius 3 is 2.50 bits per heavy atom. The topological polar surface area (TPSA) is 101 Å². The number of carbonyl (C=O) groups is 3. The van der Waals surface area contributed by atoms with Crippen molar-refractivity contribution in [2.24, 2.45) is 5.92 Å². The molecule has 0 aliphatic carbocycles. The molecule has 3 atom stereocenters. The number of aromatic nitrogens is 2. The third kappa shape index (κ3) is 4.48. The van der Waals surface area contributed by atoms with Crippen LogP contribution in [0.1, 0.15) is 16.4 Å². The second-order valence-electron chi connectivity index (χ2n) is 10.0. The van der Waals surface area contributed by atoms with Crippen LogP contribution in [0.25, 0.3) is 10.8 Å². The van der Waals surface area contributed by atoms with Gasteiger partial charge in [-0.3, -0.25) is 28.7 Å². The quantitative estimate of drug-likeness (QED) is 0.245. The Labute approximate surface area is 256 Å². The average Bonchev–Trinajstić information content (AvgIpc) is 3.44. The first kappa shape index (κ1) is 26.8. The third-order valence-corrected chi connectivity index (χ3v) is 10.7. The highest BCUT2D eigenvalue weighted by Crippen LogP contribution is 2.53. The molecule has 0 unspecified atom stereocenters. The lowest BCUT2D eigenvalue weighted by molar-refractivity contribution is -0.122. The highest BCUT2D eigenvalue weighted by molar-refractivity contribution is 9.10. The van der Waals surface area contributed by atoms with Crippen LogP contribution in [0, 0.1) is 5.92 Å². The van der Waals surface area contributed by atoms with Crippen molar-refractivity contribution in [1.82, 2.24) is 9.55 Å². The lowest BCUT2D eigenvalue weighted by Gasteiger charge is -2.30. The van der Waals surface area contributed by atoms with E-state index in [-0.39, 0.29) is 29.1 Å². The molecule has 4 heterocycles. The molecule has 0 bridgehead atoms. The fourth-order valence-electron chi connectivity index (χ4n) is 5.69. The molecule has 2 aliphatic rings. The summed E-state index contributed by atoms with van der Waals surface area (Å²) < 4.78 is 2.25. The molecule has 2 aromatic heterocycles. The molecule has 0 saturated carbocycles. The number of pyridine rings is 1. The van der Waals surface area contributed by atoms with Crippen molar-refractivity contribution in [3.05, 3.63) is 116 Å². The maximum atomic E-state index is 13.9. The fourth-order valence-corrected chi connectivity index (χ4v) is 8.72. The second-order valence-corrected chi connectivity index (χ2v) is 13.1. The van der Waals surface area contributed by atoms with E-state index in [2.05, 4.69) is 26.2 Å². The summed E-state index contributed by atoms with van der Waals surface area (Å²) >= 11 is 5.61. The zero-order valence-corrected chi connectivity index (χ0v) is 25.0. The minimum Gasteiger partial charge on any atom is -0.324 e. The standard InChI is InChI=1S/C31H21BrN4O4S2/c32-19-10-12-20(13-11-19)36-28(38)25-24(18-7-4-14-33-15-18)27-30(41-26(25)29(36)39)35(31(40)42-27)16-23(37)34-22-9-3-6-17-5-1-2-8-21(17)22/h1-15,24-26H,16H2,(H,34,37)/t24-,25-,26+/m0/s1. The van der Waals surface area contributed by atoms with Crippen LogP contribution in [0.3, 0.4) is 0 Å². The van der Waals surface area contributed by atoms with Crippen LogP contribution in [0.4, 0.5) is 11.4 Å². The van der Waals surface area contributed by atoms with Gasteiger partial charge in [-0.1, -0.05) is 81.5 Å². The number of rotatable bonds is 5. The maximum Gasteiger partial charge on any atom is 0.308 e. The van der Waals surface area contributed by atoms with Gasteiger partial charge in [0.1, 0.15) is 11.8 Å². The van der Waals surface area contributed by atoms with E-state index in [1.807, 2.05) is 48.5 Å². The molecule has 0 spiro atoms. The molecule has 8 nitrogen and oxygen atoms in total. The number of nitrogens with zero attached hydrogens (tertiary/aromatic N) is 3. The third-order valence-electron chi connectivity index (χ3n) is 7.54. The monoisotopic (exact) mass is 656 g/mol. The smallest absolute Gasteiger partial charge is 0.308 e. The number of thiazole rings is 1. The largest absolute Gasteiger partial charge is 0.324 e. The molecule has 3 aromatic carbocycles. The minimum atomic E-state index is -0.764. The summed E-state index contributed by atoms with van der Waals surface area (Å²) in [6.45, 7) is -0.226. The van der Waals surface area contributed by atoms with Crippen LogP contribution >= 0.6 is 39.0 Å². The molecule has 1 N–H and O–H groups in total. The molecule has 208 valence electrons. The molecule has 7 rings (SSSR count). The van der Waals surface area contributed by atoms with Gasteiger partial charge in [0, 0.05) is 38.7 Å². The van der Waals surface area contributed by atoms with Crippen molar-refractivity contribution < 1.29 is 14.4 Å². The highest BCUT2D eigenvalue weighted by Gasteiger charge is 2.56. The summed E-state index contributed by atoms with van der Waals surface area (Å²) in [6.07, 6.45) is 3.31. The van der Waals surface area contributed by atoms with Crippen molar-refractivity contribution in [3.63, 3.8) is 0 Å². The first-order valence-corrected chi connectivity index (χ1v) is 15.6. The predicted molar refractivity (Wildman–Crippen MR) is 167 cm³/mol. The minimum absolute atomic E-state index is 0.226. The Morgan fingerprint density at radius 1 is 0.929 bits per heavy atom. The average molecular weight is 658 g/mol. The van der Waals surface area contributed by atoms with Crippen LogP contribution in [0.5, 0.6) is 0 Å². The van der Waals surface area contributed by atoms with Crippen LogP contribution in [-0.4, -0.2) is 32.5 Å². The van der Waals surface area contributed by atoms with Gasteiger partial charge in [0.15, 0.2) is 0 Å². The van der Waals surface area contributed by atoms with Gasteiger partial charge in [0.2, 0.25) is 17.7 Å². The van der Waals surface area contributed by atoms with Gasteiger partial charge in [-0.25, -0.2) is 4.90 Å². The Morgan fingerprint density at radius 2 is 1.71 bits per heavy atom. The van der Waals surface area contributed by atoms with E-state index >= 15 is 0 Å². The van der Waals surface area contributed by atoms with Gasteiger partial charge < -0.3 is 5.32 Å². The molecular formula is C31H21BrN4O4S2. The molecule has 11 heteroatoms. The van der Waals surface area contributed by atoms with Gasteiger partial charge >= 0.3 is 4.87 Å². The van der Waals surface area contributed by atoms with Crippen molar-refractivity contribution in [1.29, 1.82) is 0 Å². The lowest BCUT2D eigenvalue weighted by atomic mass is 9.84. The van der Waals surface area contributed by atoms with E-state index < -0.39 is 17.1 Å². The number of nitrogens with one attached hydrogen (secondary N) is 1. The zero-order chi connectivity index (χ0) is 29.0. The summed E-state index contributed by atoms with van der Waals surface area (Å²) in [5.41, 5.74) is 1.88. The number of halogens is 1. The molecule has 2 aliphatic heterocycles. The Bertz CT molecular complexity index is 1940. The lowest BCUT2D eigenvalue weighted by Crippen LogP contribution is -2.33. The number of benzene rings is 3. The van der Waals surface area contributed by atoms with E-state index in [1.54, 1.807) is 42.7 Å². The van der Waals surface area contributed by atoms with Crippen molar-refractivity contribution in [2.75, 3.05) is 10.2 Å². The molecule has 1 fully saturated rings. The summed E-state index contributed by atoms with van der Waals surface area (Å²) in [5, 5.41) is 4.60. The fraction of sp³-hybridized carbons (Fsp3) is 0.129. The van der Waals surface area contributed by atoms with Crippen LogP contribution in [-0.2, 0) is 20.9 Å². The van der Waals surface area contributed by atoms with Crippen LogP contribution in [0.2, 0.25) is 0 Å². The highest BCUT2D eigenvalue weighted by atomic mass is 79.9. The van der Waals surface area contributed by atoms with Gasteiger partial charge in [0.25, 0.3) is 0 Å². The van der Waals surface area contributed by atoms with Crippen LogP contribution in [0.15, 0.2) is 106 Å². The number of fused-ring (bicyclic) bond motifs is 3. The summed E-state index contributed by atoms with van der Waals surface area (Å²) in [7, 11) is 0. The number of imide groups is 1.